The quantitative estimate of drug-likeness (QED) is 0.906. The van der Waals surface area contributed by atoms with E-state index in [2.05, 4.69) is 25.1 Å². The summed E-state index contributed by atoms with van der Waals surface area (Å²) < 4.78 is 0. The van der Waals surface area contributed by atoms with Gasteiger partial charge in [0.1, 0.15) is 0 Å². The summed E-state index contributed by atoms with van der Waals surface area (Å²) in [7, 11) is 0. The fourth-order valence-corrected chi connectivity index (χ4v) is 3.76. The van der Waals surface area contributed by atoms with Crippen LogP contribution in [0.15, 0.2) is 24.3 Å². The zero-order chi connectivity index (χ0) is 16.1. The minimum Gasteiger partial charge on any atom is -0.481 e. The Kier molecular flexibility index (Phi) is 5.89. The number of amides is 1. The summed E-state index contributed by atoms with van der Waals surface area (Å²) in [6.45, 7) is 5.09. The monoisotopic (exact) mass is 321 g/mol. The molecule has 0 bridgehead atoms. The lowest BCUT2D eigenvalue weighted by molar-refractivity contribution is -0.146. The Labute approximate surface area is 135 Å². The number of hydrogen-bond acceptors (Lipinski definition) is 3. The summed E-state index contributed by atoms with van der Waals surface area (Å²) >= 11 is 1.59. The number of carboxylic acid groups (broad SMARTS) is 1. The molecule has 1 amide bonds. The smallest absolute Gasteiger partial charge is 0.308 e. The van der Waals surface area contributed by atoms with Crippen LogP contribution in [-0.4, -0.2) is 40.7 Å². The second-order valence-electron chi connectivity index (χ2n) is 6.16. The number of benzene rings is 1. The van der Waals surface area contributed by atoms with Gasteiger partial charge in [0.15, 0.2) is 0 Å². The second-order valence-corrected chi connectivity index (χ2v) is 7.14. The maximum atomic E-state index is 12.3. The number of aryl methyl sites for hydroxylation is 1. The molecule has 120 valence electrons. The Balaban J connectivity index is 1.82. The average molecular weight is 321 g/mol. The average Bonchev–Trinajstić information content (AvgIpc) is 2.46. The highest BCUT2D eigenvalue weighted by atomic mass is 32.2. The van der Waals surface area contributed by atoms with Gasteiger partial charge in [0, 0.05) is 18.8 Å². The van der Waals surface area contributed by atoms with E-state index in [-0.39, 0.29) is 11.8 Å². The van der Waals surface area contributed by atoms with E-state index in [1.807, 2.05) is 13.0 Å². The minimum atomic E-state index is -0.795. The summed E-state index contributed by atoms with van der Waals surface area (Å²) in [6.07, 6.45) is 0.662. The van der Waals surface area contributed by atoms with Crippen molar-refractivity contribution in [3.05, 3.63) is 35.4 Å². The van der Waals surface area contributed by atoms with Crippen molar-refractivity contribution >= 4 is 23.6 Å². The fourth-order valence-electron chi connectivity index (χ4n) is 2.88. The zero-order valence-corrected chi connectivity index (χ0v) is 13.9. The van der Waals surface area contributed by atoms with E-state index in [4.69, 9.17) is 5.11 Å². The molecular weight excluding hydrogens is 298 g/mol. The lowest BCUT2D eigenvalue weighted by atomic mass is 9.90. The molecule has 1 saturated heterocycles. The van der Waals surface area contributed by atoms with Gasteiger partial charge in [-0.05, 0) is 24.8 Å². The van der Waals surface area contributed by atoms with E-state index in [9.17, 15) is 9.59 Å². The van der Waals surface area contributed by atoms with Crippen LogP contribution >= 0.6 is 11.8 Å². The van der Waals surface area contributed by atoms with Crippen LogP contribution in [0.2, 0.25) is 0 Å². The molecule has 22 heavy (non-hydrogen) atoms. The highest BCUT2D eigenvalue weighted by Crippen LogP contribution is 2.23. The van der Waals surface area contributed by atoms with Gasteiger partial charge in [-0.1, -0.05) is 36.8 Å². The molecule has 5 heteroatoms. The van der Waals surface area contributed by atoms with E-state index in [1.54, 1.807) is 16.7 Å². The Morgan fingerprint density at radius 2 is 2.14 bits per heavy atom. The SMILES string of the molecule is Cc1cccc(CSCC(=O)N2CC(C)CC(C(=O)O)C2)c1. The molecule has 2 atom stereocenters. The van der Waals surface area contributed by atoms with Gasteiger partial charge >= 0.3 is 5.97 Å². The Morgan fingerprint density at radius 3 is 2.82 bits per heavy atom. The van der Waals surface area contributed by atoms with Crippen LogP contribution in [0.4, 0.5) is 0 Å². The van der Waals surface area contributed by atoms with Gasteiger partial charge in [-0.3, -0.25) is 9.59 Å². The van der Waals surface area contributed by atoms with Gasteiger partial charge in [-0.15, -0.1) is 11.8 Å². The molecule has 4 nitrogen and oxygen atoms in total. The Morgan fingerprint density at radius 1 is 1.36 bits per heavy atom. The molecule has 1 fully saturated rings. The molecule has 0 aromatic heterocycles. The van der Waals surface area contributed by atoms with Crippen LogP contribution in [0.5, 0.6) is 0 Å². The molecule has 1 aliphatic rings. The number of aliphatic carboxylic acids is 1. The van der Waals surface area contributed by atoms with Crippen molar-refractivity contribution < 1.29 is 14.7 Å². The summed E-state index contributed by atoms with van der Waals surface area (Å²) in [5.41, 5.74) is 2.44. The molecule has 1 aliphatic heterocycles. The summed E-state index contributed by atoms with van der Waals surface area (Å²) in [6, 6.07) is 8.27. The maximum Gasteiger partial charge on any atom is 0.308 e. The van der Waals surface area contributed by atoms with E-state index in [0.717, 1.165) is 5.75 Å². The van der Waals surface area contributed by atoms with Crippen LogP contribution in [0.1, 0.15) is 24.5 Å². The van der Waals surface area contributed by atoms with Crippen molar-refractivity contribution in [1.29, 1.82) is 0 Å². The highest BCUT2D eigenvalue weighted by Gasteiger charge is 2.31. The number of carbonyl (C=O) groups is 2. The second kappa shape index (κ2) is 7.68. The Bertz CT molecular complexity index is 546. The number of piperidine rings is 1. The predicted molar refractivity (Wildman–Crippen MR) is 88.8 cm³/mol. The van der Waals surface area contributed by atoms with Gasteiger partial charge in [0.05, 0.1) is 11.7 Å². The molecule has 2 rings (SSSR count). The van der Waals surface area contributed by atoms with Gasteiger partial charge in [0.2, 0.25) is 5.91 Å². The first-order chi connectivity index (χ1) is 10.5. The molecule has 1 heterocycles. The summed E-state index contributed by atoms with van der Waals surface area (Å²) in [4.78, 5) is 25.2. The molecule has 0 radical (unpaired) electrons. The van der Waals surface area contributed by atoms with Crippen LogP contribution in [0.25, 0.3) is 0 Å². The topological polar surface area (TPSA) is 57.6 Å². The number of carbonyl (C=O) groups excluding carboxylic acids is 1. The first kappa shape index (κ1) is 16.9. The van der Waals surface area contributed by atoms with Crippen molar-refractivity contribution in [3.63, 3.8) is 0 Å². The minimum absolute atomic E-state index is 0.0513. The lowest BCUT2D eigenvalue weighted by Crippen LogP contribution is -2.46. The van der Waals surface area contributed by atoms with Crippen molar-refractivity contribution in [2.75, 3.05) is 18.8 Å². The standard InChI is InChI=1S/C17H23NO3S/c1-12-4-3-5-14(6-12)10-22-11-16(19)18-8-13(2)7-15(9-18)17(20)21/h3-6,13,15H,7-11H2,1-2H3,(H,20,21). The number of likely N-dealkylation sites (tertiary alicyclic amines) is 1. The van der Waals surface area contributed by atoms with Crippen molar-refractivity contribution in [1.82, 2.24) is 4.90 Å². The molecule has 0 saturated carbocycles. The van der Waals surface area contributed by atoms with Gasteiger partial charge < -0.3 is 10.0 Å². The number of rotatable bonds is 5. The third-order valence-electron chi connectivity index (χ3n) is 3.94. The first-order valence-corrected chi connectivity index (χ1v) is 8.75. The first-order valence-electron chi connectivity index (χ1n) is 7.59. The largest absolute Gasteiger partial charge is 0.481 e. The molecule has 1 aromatic carbocycles. The van der Waals surface area contributed by atoms with Crippen LogP contribution in [0, 0.1) is 18.8 Å². The van der Waals surface area contributed by atoms with Crippen LogP contribution in [0.3, 0.4) is 0 Å². The molecule has 1 aromatic rings. The van der Waals surface area contributed by atoms with Crippen LogP contribution < -0.4 is 0 Å². The number of nitrogens with zero attached hydrogens (tertiary/aromatic N) is 1. The van der Waals surface area contributed by atoms with Gasteiger partial charge in [0.25, 0.3) is 0 Å². The number of hydrogen-bond donors (Lipinski definition) is 1. The molecular formula is C17H23NO3S. The normalized spacial score (nSPS) is 21.6. The summed E-state index contributed by atoms with van der Waals surface area (Å²) in [5, 5.41) is 9.16. The van der Waals surface area contributed by atoms with Gasteiger partial charge in [-0.25, -0.2) is 0 Å². The number of carboxylic acids is 1. The van der Waals surface area contributed by atoms with E-state index < -0.39 is 11.9 Å². The molecule has 0 spiro atoms. The van der Waals surface area contributed by atoms with E-state index in [1.165, 1.54) is 11.1 Å². The molecule has 1 N–H and O–H groups in total. The van der Waals surface area contributed by atoms with E-state index >= 15 is 0 Å². The van der Waals surface area contributed by atoms with Crippen LogP contribution in [-0.2, 0) is 15.3 Å². The highest BCUT2D eigenvalue weighted by molar-refractivity contribution is 7.99. The third kappa shape index (κ3) is 4.77. The Hall–Kier alpha value is -1.49. The van der Waals surface area contributed by atoms with Crippen molar-refractivity contribution in [2.24, 2.45) is 11.8 Å². The van der Waals surface area contributed by atoms with E-state index in [0.29, 0.717) is 25.3 Å². The third-order valence-corrected chi connectivity index (χ3v) is 4.93. The number of thioether (sulfide) groups is 1. The van der Waals surface area contributed by atoms with Gasteiger partial charge in [-0.2, -0.15) is 0 Å². The fraction of sp³-hybridized carbons (Fsp3) is 0.529. The zero-order valence-electron chi connectivity index (χ0n) is 13.1. The van der Waals surface area contributed by atoms with Crippen molar-refractivity contribution in [2.45, 2.75) is 26.0 Å². The lowest BCUT2D eigenvalue weighted by Gasteiger charge is -2.34. The predicted octanol–water partition coefficient (Wildman–Crippen LogP) is 2.80. The molecule has 2 unspecified atom stereocenters. The summed E-state index contributed by atoms with van der Waals surface area (Å²) in [5.74, 6) is 0.300. The molecule has 0 aliphatic carbocycles. The maximum absolute atomic E-state index is 12.3. The van der Waals surface area contributed by atoms with Crippen molar-refractivity contribution in [3.8, 4) is 0 Å².